The van der Waals surface area contributed by atoms with Gasteiger partial charge >= 0.3 is 0 Å². The average Bonchev–Trinajstić information content (AvgIpc) is 2.68. The molecule has 0 bridgehead atoms. The van der Waals surface area contributed by atoms with Gasteiger partial charge in [-0.15, -0.1) is 0 Å². The van der Waals surface area contributed by atoms with Crippen molar-refractivity contribution in [1.29, 1.82) is 0 Å². The third kappa shape index (κ3) is 2.94. The Bertz CT molecular complexity index is 738. The Morgan fingerprint density at radius 3 is 2.48 bits per heavy atom. The molecule has 2 rings (SSSR count). The van der Waals surface area contributed by atoms with E-state index in [-0.39, 0.29) is 5.02 Å². The molecule has 1 heterocycles. The highest BCUT2D eigenvalue weighted by Crippen LogP contribution is 2.29. The number of Topliss-reactive ketones (excluding diaryl/α,β-unsaturated/α-hetero) is 1. The molecule has 0 saturated heterocycles. The van der Waals surface area contributed by atoms with Crippen molar-refractivity contribution in [3.63, 3.8) is 0 Å². The molecule has 0 radical (unpaired) electrons. The topological polar surface area (TPSA) is 64.0 Å². The summed E-state index contributed by atoms with van der Waals surface area (Å²) in [6.45, 7) is 3.41. The number of benzene rings is 1. The lowest BCUT2D eigenvalue weighted by molar-refractivity contribution is -0.112. The first kappa shape index (κ1) is 15.5. The molecule has 0 unspecified atom stereocenters. The fourth-order valence-electron chi connectivity index (χ4n) is 2.00. The van der Waals surface area contributed by atoms with Gasteiger partial charge in [-0.1, -0.05) is 29.3 Å². The second-order valence-corrected chi connectivity index (χ2v) is 5.34. The monoisotopic (exact) mass is 325 g/mol. The molecule has 1 aromatic carbocycles. The molecule has 5 nitrogen and oxygen atoms in total. The summed E-state index contributed by atoms with van der Waals surface area (Å²) >= 11 is 11.8. The smallest absolute Gasteiger partial charge is 0.296 e. The number of aryl methyl sites for hydroxylation is 2. The summed E-state index contributed by atoms with van der Waals surface area (Å²) in [6, 6.07) is 4.80. The molecule has 7 heteroatoms. The molecule has 1 amide bonds. The molecule has 21 heavy (non-hydrogen) atoms. The van der Waals surface area contributed by atoms with Gasteiger partial charge in [0.2, 0.25) is 0 Å². The van der Waals surface area contributed by atoms with Gasteiger partial charge in [0.1, 0.15) is 0 Å². The molecular formula is C14H13Cl2N3O2. The maximum absolute atomic E-state index is 12.3. The molecule has 0 aliphatic heterocycles. The third-order valence-electron chi connectivity index (χ3n) is 3.14. The zero-order valence-corrected chi connectivity index (χ0v) is 13.2. The van der Waals surface area contributed by atoms with Crippen LogP contribution in [0.15, 0.2) is 18.2 Å². The van der Waals surface area contributed by atoms with Crippen molar-refractivity contribution in [3.8, 4) is 0 Å². The second kappa shape index (κ2) is 5.87. The Morgan fingerprint density at radius 1 is 1.24 bits per heavy atom. The number of ketones is 1. The van der Waals surface area contributed by atoms with E-state index in [1.807, 2.05) is 0 Å². The van der Waals surface area contributed by atoms with E-state index in [0.29, 0.717) is 27.7 Å². The number of carbonyl (C=O) groups is 2. The summed E-state index contributed by atoms with van der Waals surface area (Å²) in [4.78, 5) is 24.3. The normalized spacial score (nSPS) is 10.5. The Kier molecular flexibility index (Phi) is 4.34. The molecule has 1 aromatic heterocycles. The Balaban J connectivity index is 2.28. The van der Waals surface area contributed by atoms with Crippen LogP contribution >= 0.6 is 23.2 Å². The number of rotatable bonds is 3. The van der Waals surface area contributed by atoms with Crippen molar-refractivity contribution >= 4 is 40.6 Å². The standard InChI is InChI=1S/C14H13Cl2N3O2/c1-7-11(8(2)19(3)18-7)13(20)14(21)17-10-6-4-5-9(15)12(10)16/h4-6H,1-3H3,(H,17,21). The molecule has 1 N–H and O–H groups in total. The number of amides is 1. The number of anilines is 1. The minimum absolute atomic E-state index is 0.194. The summed E-state index contributed by atoms with van der Waals surface area (Å²) in [7, 11) is 1.71. The number of hydrogen-bond acceptors (Lipinski definition) is 3. The molecule has 0 aliphatic carbocycles. The van der Waals surface area contributed by atoms with Gasteiger partial charge in [0.15, 0.2) is 0 Å². The first-order valence-corrected chi connectivity index (χ1v) is 6.88. The van der Waals surface area contributed by atoms with Gasteiger partial charge in [-0.05, 0) is 26.0 Å². The number of nitrogens with one attached hydrogen (secondary N) is 1. The lowest BCUT2D eigenvalue weighted by Crippen LogP contribution is -2.24. The first-order valence-electron chi connectivity index (χ1n) is 6.12. The van der Waals surface area contributed by atoms with Crippen molar-refractivity contribution in [2.45, 2.75) is 13.8 Å². The van der Waals surface area contributed by atoms with Crippen molar-refractivity contribution in [2.75, 3.05) is 5.32 Å². The van der Waals surface area contributed by atoms with Gasteiger partial charge in [0, 0.05) is 12.7 Å². The Labute approximate surface area is 131 Å². The van der Waals surface area contributed by atoms with E-state index < -0.39 is 11.7 Å². The minimum Gasteiger partial charge on any atom is -0.318 e. The molecule has 0 fully saturated rings. The van der Waals surface area contributed by atoms with E-state index in [1.165, 1.54) is 0 Å². The highest BCUT2D eigenvalue weighted by Gasteiger charge is 2.24. The van der Waals surface area contributed by atoms with E-state index in [2.05, 4.69) is 10.4 Å². The van der Waals surface area contributed by atoms with Crippen LogP contribution in [0.2, 0.25) is 10.0 Å². The number of carbonyl (C=O) groups excluding carboxylic acids is 2. The molecule has 2 aromatic rings. The molecule has 0 aliphatic rings. The van der Waals surface area contributed by atoms with Crippen LogP contribution in [0, 0.1) is 13.8 Å². The largest absolute Gasteiger partial charge is 0.318 e. The van der Waals surface area contributed by atoms with Crippen LogP contribution in [-0.2, 0) is 11.8 Å². The first-order chi connectivity index (χ1) is 9.82. The predicted molar refractivity (Wildman–Crippen MR) is 82.1 cm³/mol. The van der Waals surface area contributed by atoms with Crippen LogP contribution in [0.5, 0.6) is 0 Å². The van der Waals surface area contributed by atoms with E-state index in [9.17, 15) is 9.59 Å². The second-order valence-electron chi connectivity index (χ2n) is 4.55. The van der Waals surface area contributed by atoms with E-state index in [4.69, 9.17) is 23.2 Å². The molecule has 0 atom stereocenters. The fraction of sp³-hybridized carbons (Fsp3) is 0.214. The van der Waals surface area contributed by atoms with E-state index >= 15 is 0 Å². The van der Waals surface area contributed by atoms with Crippen LogP contribution in [0.1, 0.15) is 21.7 Å². The van der Waals surface area contributed by atoms with Crippen LogP contribution in [0.4, 0.5) is 5.69 Å². The summed E-state index contributed by atoms with van der Waals surface area (Å²) < 4.78 is 1.56. The minimum atomic E-state index is -0.779. The van der Waals surface area contributed by atoms with Crippen LogP contribution in [0.25, 0.3) is 0 Å². The Morgan fingerprint density at radius 2 is 1.90 bits per heavy atom. The SMILES string of the molecule is Cc1nn(C)c(C)c1C(=O)C(=O)Nc1cccc(Cl)c1Cl. The van der Waals surface area contributed by atoms with Crippen LogP contribution < -0.4 is 5.32 Å². The van der Waals surface area contributed by atoms with E-state index in [1.54, 1.807) is 43.8 Å². The lowest BCUT2D eigenvalue weighted by Gasteiger charge is -2.07. The molecule has 110 valence electrons. The van der Waals surface area contributed by atoms with Crippen LogP contribution in [0.3, 0.4) is 0 Å². The van der Waals surface area contributed by atoms with Crippen molar-refractivity contribution in [1.82, 2.24) is 9.78 Å². The van der Waals surface area contributed by atoms with E-state index in [0.717, 1.165) is 0 Å². The summed E-state index contributed by atoms with van der Waals surface area (Å²) in [5.41, 5.74) is 1.73. The highest BCUT2D eigenvalue weighted by atomic mass is 35.5. The average molecular weight is 326 g/mol. The molecular weight excluding hydrogens is 313 g/mol. The number of hydrogen-bond donors (Lipinski definition) is 1. The van der Waals surface area contributed by atoms with Crippen molar-refractivity contribution < 1.29 is 9.59 Å². The fourth-order valence-corrected chi connectivity index (χ4v) is 2.34. The quantitative estimate of drug-likeness (QED) is 0.696. The van der Waals surface area contributed by atoms with Gasteiger partial charge < -0.3 is 5.32 Å². The van der Waals surface area contributed by atoms with Gasteiger partial charge in [-0.3, -0.25) is 14.3 Å². The van der Waals surface area contributed by atoms with Crippen molar-refractivity contribution in [3.05, 3.63) is 45.2 Å². The third-order valence-corrected chi connectivity index (χ3v) is 3.96. The predicted octanol–water partition coefficient (Wildman–Crippen LogP) is 3.17. The van der Waals surface area contributed by atoms with Crippen molar-refractivity contribution in [2.24, 2.45) is 7.05 Å². The molecule has 0 saturated carbocycles. The Hall–Kier alpha value is -1.85. The van der Waals surface area contributed by atoms with Crippen LogP contribution in [-0.4, -0.2) is 21.5 Å². The summed E-state index contributed by atoms with van der Waals surface area (Å²) in [5.74, 6) is -1.44. The highest BCUT2D eigenvalue weighted by molar-refractivity contribution is 6.49. The number of nitrogens with zero attached hydrogens (tertiary/aromatic N) is 2. The maximum Gasteiger partial charge on any atom is 0.296 e. The zero-order chi connectivity index (χ0) is 15.7. The molecule has 0 spiro atoms. The lowest BCUT2D eigenvalue weighted by atomic mass is 10.1. The summed E-state index contributed by atoms with van der Waals surface area (Å²) in [6.07, 6.45) is 0. The maximum atomic E-state index is 12.3. The van der Waals surface area contributed by atoms with Gasteiger partial charge in [0.25, 0.3) is 11.7 Å². The van der Waals surface area contributed by atoms with Gasteiger partial charge in [-0.2, -0.15) is 5.10 Å². The zero-order valence-electron chi connectivity index (χ0n) is 11.7. The number of aromatic nitrogens is 2. The number of halogens is 2. The van der Waals surface area contributed by atoms with Gasteiger partial charge in [0.05, 0.1) is 27.0 Å². The summed E-state index contributed by atoms with van der Waals surface area (Å²) in [5, 5.41) is 7.09. The van der Waals surface area contributed by atoms with Gasteiger partial charge in [-0.25, -0.2) is 0 Å².